The molecule has 1 unspecified atom stereocenters. The van der Waals surface area contributed by atoms with Crippen LogP contribution in [0, 0.1) is 0 Å². The molecule has 0 aromatic carbocycles. The molecule has 1 fully saturated rings. The fourth-order valence-corrected chi connectivity index (χ4v) is 1.66. The molecule has 0 aromatic heterocycles. The second-order valence-electron chi connectivity index (χ2n) is 4.26. The highest BCUT2D eigenvalue weighted by Crippen LogP contribution is 2.11. The number of rotatable bonds is 8. The molecule has 1 aliphatic rings. The minimum atomic E-state index is 0.297. The Bertz CT molecular complexity index is 216. The van der Waals surface area contributed by atoms with Gasteiger partial charge in [-0.1, -0.05) is 13.3 Å². The molecule has 5 nitrogen and oxygen atoms in total. The number of unbranched alkanes of at least 4 members (excludes halogenated alkanes) is 1. The van der Waals surface area contributed by atoms with Crippen LogP contribution in [-0.2, 0) is 9.47 Å². The zero-order valence-electron chi connectivity index (χ0n) is 10.8. The number of nitrogens with one attached hydrogen (secondary N) is 1. The first kappa shape index (κ1) is 14.3. The van der Waals surface area contributed by atoms with Crippen LogP contribution in [0.2, 0.25) is 0 Å². The van der Waals surface area contributed by atoms with Crippen LogP contribution in [0.15, 0.2) is 4.99 Å². The molecule has 0 saturated carbocycles. The van der Waals surface area contributed by atoms with Crippen LogP contribution in [0.25, 0.3) is 0 Å². The van der Waals surface area contributed by atoms with Crippen LogP contribution in [0.4, 0.5) is 0 Å². The van der Waals surface area contributed by atoms with Crippen LogP contribution >= 0.6 is 0 Å². The van der Waals surface area contributed by atoms with E-state index in [9.17, 15) is 0 Å². The monoisotopic (exact) mass is 243 g/mol. The van der Waals surface area contributed by atoms with E-state index in [-0.39, 0.29) is 0 Å². The fourth-order valence-electron chi connectivity index (χ4n) is 1.66. The zero-order valence-corrected chi connectivity index (χ0v) is 10.8. The molecule has 0 amide bonds. The quantitative estimate of drug-likeness (QED) is 0.377. The molecule has 1 aliphatic heterocycles. The maximum absolute atomic E-state index is 5.68. The minimum absolute atomic E-state index is 0.297. The van der Waals surface area contributed by atoms with Gasteiger partial charge in [0.15, 0.2) is 5.96 Å². The van der Waals surface area contributed by atoms with Crippen molar-refractivity contribution in [2.24, 2.45) is 10.7 Å². The van der Waals surface area contributed by atoms with Gasteiger partial charge in [-0.15, -0.1) is 0 Å². The molecule has 0 aliphatic carbocycles. The molecular formula is C12H25N3O2. The Morgan fingerprint density at radius 1 is 1.59 bits per heavy atom. The summed E-state index contributed by atoms with van der Waals surface area (Å²) >= 11 is 0. The van der Waals surface area contributed by atoms with Crippen molar-refractivity contribution in [1.29, 1.82) is 0 Å². The number of aliphatic imine (C=N–C) groups is 1. The summed E-state index contributed by atoms with van der Waals surface area (Å²) in [6.45, 7) is 5.85. The lowest BCUT2D eigenvalue weighted by Gasteiger charge is -2.10. The molecule has 0 spiro atoms. The molecular weight excluding hydrogens is 218 g/mol. The van der Waals surface area contributed by atoms with Gasteiger partial charge in [-0.05, 0) is 19.3 Å². The van der Waals surface area contributed by atoms with Gasteiger partial charge in [0.05, 0.1) is 19.3 Å². The number of nitrogens with zero attached hydrogens (tertiary/aromatic N) is 1. The Hall–Kier alpha value is -0.810. The first-order valence-corrected chi connectivity index (χ1v) is 6.56. The van der Waals surface area contributed by atoms with Gasteiger partial charge >= 0.3 is 0 Å². The van der Waals surface area contributed by atoms with Gasteiger partial charge in [-0.25, -0.2) is 0 Å². The van der Waals surface area contributed by atoms with Crippen molar-refractivity contribution in [1.82, 2.24) is 5.32 Å². The molecule has 0 radical (unpaired) electrons. The zero-order chi connectivity index (χ0) is 12.3. The Morgan fingerprint density at radius 2 is 2.47 bits per heavy atom. The van der Waals surface area contributed by atoms with Crippen molar-refractivity contribution >= 4 is 5.96 Å². The number of ether oxygens (including phenoxy) is 2. The minimum Gasteiger partial charge on any atom is -0.377 e. The van der Waals surface area contributed by atoms with Gasteiger partial charge in [0.1, 0.15) is 0 Å². The highest BCUT2D eigenvalue weighted by atomic mass is 16.5. The Balaban J connectivity index is 1.90. The van der Waals surface area contributed by atoms with E-state index in [4.69, 9.17) is 15.2 Å². The van der Waals surface area contributed by atoms with Crippen molar-refractivity contribution in [2.75, 3.05) is 32.9 Å². The number of nitrogens with two attached hydrogens (primary N) is 1. The lowest BCUT2D eigenvalue weighted by molar-refractivity contribution is 0.0191. The van der Waals surface area contributed by atoms with Crippen molar-refractivity contribution < 1.29 is 9.47 Å². The number of guanidine groups is 1. The normalized spacial score (nSPS) is 20.8. The molecule has 1 heterocycles. The second-order valence-corrected chi connectivity index (χ2v) is 4.26. The van der Waals surface area contributed by atoms with Crippen molar-refractivity contribution in [3.63, 3.8) is 0 Å². The van der Waals surface area contributed by atoms with E-state index in [1.54, 1.807) is 0 Å². The summed E-state index contributed by atoms with van der Waals surface area (Å²) in [5.74, 6) is 0.513. The standard InChI is InChI=1S/C12H25N3O2/c1-2-3-6-14-12(13)15-7-9-16-10-11-5-4-8-17-11/h11H,2-10H2,1H3,(H3,13,14,15). The lowest BCUT2D eigenvalue weighted by atomic mass is 10.2. The molecule has 0 aromatic rings. The van der Waals surface area contributed by atoms with E-state index in [1.165, 1.54) is 0 Å². The summed E-state index contributed by atoms with van der Waals surface area (Å²) in [4.78, 5) is 4.19. The van der Waals surface area contributed by atoms with Crippen molar-refractivity contribution in [3.8, 4) is 0 Å². The third-order valence-corrected chi connectivity index (χ3v) is 2.67. The Kier molecular flexibility index (Phi) is 7.75. The summed E-state index contributed by atoms with van der Waals surface area (Å²) in [5.41, 5.74) is 5.68. The molecule has 1 saturated heterocycles. The third kappa shape index (κ3) is 7.18. The summed E-state index contributed by atoms with van der Waals surface area (Å²) in [7, 11) is 0. The molecule has 100 valence electrons. The topological polar surface area (TPSA) is 68.9 Å². The van der Waals surface area contributed by atoms with Crippen molar-refractivity contribution in [3.05, 3.63) is 0 Å². The maximum Gasteiger partial charge on any atom is 0.188 e. The van der Waals surface area contributed by atoms with Crippen LogP contribution < -0.4 is 11.1 Å². The maximum atomic E-state index is 5.68. The predicted octanol–water partition coefficient (Wildman–Crippen LogP) is 0.886. The average Bonchev–Trinajstić information content (AvgIpc) is 2.82. The largest absolute Gasteiger partial charge is 0.377 e. The predicted molar refractivity (Wildman–Crippen MR) is 69.2 cm³/mol. The van der Waals surface area contributed by atoms with Crippen LogP contribution in [0.5, 0.6) is 0 Å². The number of hydrogen-bond acceptors (Lipinski definition) is 3. The first-order chi connectivity index (χ1) is 8.33. The van der Waals surface area contributed by atoms with Gasteiger partial charge < -0.3 is 20.5 Å². The lowest BCUT2D eigenvalue weighted by Crippen LogP contribution is -2.34. The SMILES string of the molecule is CCCCN=C(N)NCCOCC1CCCO1. The van der Waals surface area contributed by atoms with E-state index in [1.807, 2.05) is 0 Å². The van der Waals surface area contributed by atoms with Gasteiger partial charge in [-0.3, -0.25) is 4.99 Å². The van der Waals surface area contributed by atoms with Crippen LogP contribution in [0.1, 0.15) is 32.6 Å². The number of hydrogen-bond donors (Lipinski definition) is 2. The molecule has 3 N–H and O–H groups in total. The smallest absolute Gasteiger partial charge is 0.188 e. The molecule has 0 bridgehead atoms. The second kappa shape index (κ2) is 9.24. The van der Waals surface area contributed by atoms with Gasteiger partial charge in [-0.2, -0.15) is 0 Å². The Morgan fingerprint density at radius 3 is 3.18 bits per heavy atom. The van der Waals surface area contributed by atoms with Gasteiger partial charge in [0.2, 0.25) is 0 Å². The third-order valence-electron chi connectivity index (χ3n) is 2.67. The summed E-state index contributed by atoms with van der Waals surface area (Å²) in [6.07, 6.45) is 4.79. The van der Waals surface area contributed by atoms with Crippen molar-refractivity contribution in [2.45, 2.75) is 38.7 Å². The summed E-state index contributed by atoms with van der Waals surface area (Å²) < 4.78 is 10.9. The molecule has 5 heteroatoms. The average molecular weight is 243 g/mol. The van der Waals surface area contributed by atoms with Gasteiger partial charge in [0, 0.05) is 19.7 Å². The molecule has 1 atom stereocenters. The molecule has 1 rings (SSSR count). The fraction of sp³-hybridized carbons (Fsp3) is 0.917. The van der Waals surface area contributed by atoms with E-state index < -0.39 is 0 Å². The van der Waals surface area contributed by atoms with E-state index in [0.29, 0.717) is 31.8 Å². The highest BCUT2D eigenvalue weighted by Gasteiger charge is 2.14. The summed E-state index contributed by atoms with van der Waals surface area (Å²) in [6, 6.07) is 0. The van der Waals surface area contributed by atoms with E-state index in [0.717, 1.165) is 38.8 Å². The van der Waals surface area contributed by atoms with E-state index in [2.05, 4.69) is 17.2 Å². The van der Waals surface area contributed by atoms with Crippen LogP contribution in [-0.4, -0.2) is 45.0 Å². The highest BCUT2D eigenvalue weighted by molar-refractivity contribution is 5.77. The first-order valence-electron chi connectivity index (χ1n) is 6.56. The van der Waals surface area contributed by atoms with Gasteiger partial charge in [0.25, 0.3) is 0 Å². The van der Waals surface area contributed by atoms with Crippen LogP contribution in [0.3, 0.4) is 0 Å². The van der Waals surface area contributed by atoms with E-state index >= 15 is 0 Å². The Labute approximate surface area is 104 Å². The summed E-state index contributed by atoms with van der Waals surface area (Å²) in [5, 5.41) is 3.03. The molecule has 17 heavy (non-hydrogen) atoms.